The smallest absolute Gasteiger partial charge is 0.274 e. The quantitative estimate of drug-likeness (QED) is 0.436. The molecule has 2 aromatic carbocycles. The maximum Gasteiger partial charge on any atom is 0.274 e. The number of nitro benzene ring substituents is 1. The van der Waals surface area contributed by atoms with Gasteiger partial charge in [0, 0.05) is 11.8 Å². The molecule has 0 saturated carbocycles. The Balaban J connectivity index is 2.01. The number of thiocarbonyl (C=S) groups is 1. The van der Waals surface area contributed by atoms with E-state index in [1.54, 1.807) is 19.1 Å². The number of hydrogen-bond acceptors (Lipinski definition) is 3. The van der Waals surface area contributed by atoms with Crippen LogP contribution in [0, 0.1) is 17.0 Å². The molecule has 0 saturated heterocycles. The molecular formula is C18H21N3O2S. The van der Waals surface area contributed by atoms with Crippen LogP contribution in [0.3, 0.4) is 0 Å². The molecule has 0 radical (unpaired) electrons. The lowest BCUT2D eigenvalue weighted by molar-refractivity contribution is -0.385. The largest absolute Gasteiger partial charge is 0.332 e. The second-order valence-electron chi connectivity index (χ2n) is 5.59. The molecule has 5 nitrogen and oxygen atoms in total. The van der Waals surface area contributed by atoms with Crippen molar-refractivity contribution in [2.24, 2.45) is 0 Å². The highest BCUT2D eigenvalue weighted by Gasteiger charge is 2.13. The first-order chi connectivity index (χ1) is 11.5. The number of anilines is 2. The molecule has 0 fully saturated rings. The molecule has 0 bridgehead atoms. The Morgan fingerprint density at radius 1 is 1.17 bits per heavy atom. The van der Waals surface area contributed by atoms with Gasteiger partial charge < -0.3 is 10.6 Å². The molecule has 6 heteroatoms. The van der Waals surface area contributed by atoms with E-state index in [1.165, 1.54) is 24.5 Å². The number of unbranched alkanes of at least 4 members (excludes halogenated alkanes) is 1. The molecule has 126 valence electrons. The summed E-state index contributed by atoms with van der Waals surface area (Å²) in [5.74, 6) is 0. The van der Waals surface area contributed by atoms with Crippen molar-refractivity contribution < 1.29 is 4.92 Å². The highest BCUT2D eigenvalue weighted by Crippen LogP contribution is 2.25. The summed E-state index contributed by atoms with van der Waals surface area (Å²) in [6.45, 7) is 3.88. The fourth-order valence-corrected chi connectivity index (χ4v) is 2.60. The third kappa shape index (κ3) is 4.76. The summed E-state index contributed by atoms with van der Waals surface area (Å²) in [5.41, 5.74) is 3.44. The van der Waals surface area contributed by atoms with Gasteiger partial charge in [-0.15, -0.1) is 0 Å². The molecule has 0 aliphatic carbocycles. The zero-order valence-electron chi connectivity index (χ0n) is 13.8. The number of nitrogens with one attached hydrogen (secondary N) is 2. The molecule has 0 amide bonds. The van der Waals surface area contributed by atoms with Crippen molar-refractivity contribution in [1.29, 1.82) is 0 Å². The van der Waals surface area contributed by atoms with Crippen molar-refractivity contribution in [2.45, 2.75) is 33.1 Å². The van der Waals surface area contributed by atoms with Crippen molar-refractivity contribution in [3.63, 3.8) is 0 Å². The minimum absolute atomic E-state index is 0.0723. The first kappa shape index (κ1) is 17.9. The van der Waals surface area contributed by atoms with E-state index in [-0.39, 0.29) is 5.69 Å². The third-order valence-corrected chi connectivity index (χ3v) is 3.99. The van der Waals surface area contributed by atoms with Gasteiger partial charge in [0.2, 0.25) is 0 Å². The molecular weight excluding hydrogens is 322 g/mol. The van der Waals surface area contributed by atoms with Crippen LogP contribution >= 0.6 is 12.2 Å². The summed E-state index contributed by atoms with van der Waals surface area (Å²) in [6, 6.07) is 13.0. The predicted molar refractivity (Wildman–Crippen MR) is 103 cm³/mol. The van der Waals surface area contributed by atoms with Crippen molar-refractivity contribution >= 4 is 34.4 Å². The van der Waals surface area contributed by atoms with Crippen molar-refractivity contribution in [1.82, 2.24) is 0 Å². The van der Waals surface area contributed by atoms with Gasteiger partial charge in [0.15, 0.2) is 5.11 Å². The standard InChI is InChI=1S/C18H21N3O2S/c1-3-4-6-14-9-11-15(12-10-14)19-18(24)20-16-7-5-8-17(13(16)2)21(22)23/h5,7-12H,3-4,6H2,1-2H3,(H2,19,20,24). The molecule has 24 heavy (non-hydrogen) atoms. The first-order valence-electron chi connectivity index (χ1n) is 7.92. The zero-order chi connectivity index (χ0) is 17.5. The number of nitrogens with zero attached hydrogens (tertiary/aromatic N) is 1. The molecule has 2 rings (SSSR count). The summed E-state index contributed by atoms with van der Waals surface area (Å²) < 4.78 is 0. The van der Waals surface area contributed by atoms with Crippen LogP contribution in [-0.4, -0.2) is 10.0 Å². The fourth-order valence-electron chi connectivity index (χ4n) is 2.38. The molecule has 0 aromatic heterocycles. The lowest BCUT2D eigenvalue weighted by atomic mass is 10.1. The number of rotatable bonds is 6. The zero-order valence-corrected chi connectivity index (χ0v) is 14.7. The van der Waals surface area contributed by atoms with E-state index < -0.39 is 4.92 Å². The Labute approximate surface area is 147 Å². The number of benzene rings is 2. The van der Waals surface area contributed by atoms with Crippen LogP contribution in [-0.2, 0) is 6.42 Å². The van der Waals surface area contributed by atoms with Crippen molar-refractivity contribution in [3.05, 3.63) is 63.7 Å². The molecule has 0 spiro atoms. The summed E-state index contributed by atoms with van der Waals surface area (Å²) in [6.07, 6.45) is 3.43. The van der Waals surface area contributed by atoms with E-state index in [0.717, 1.165) is 12.1 Å². The Bertz CT molecular complexity index is 730. The predicted octanol–water partition coefficient (Wildman–Crippen LogP) is 5.05. The average molecular weight is 343 g/mol. The minimum Gasteiger partial charge on any atom is -0.332 e. The van der Waals surface area contributed by atoms with Gasteiger partial charge in [-0.1, -0.05) is 31.5 Å². The van der Waals surface area contributed by atoms with Crippen LogP contribution in [0.1, 0.15) is 30.9 Å². The first-order valence-corrected chi connectivity index (χ1v) is 8.33. The second kappa shape index (κ2) is 8.40. The lowest BCUT2D eigenvalue weighted by Gasteiger charge is -2.13. The maximum absolute atomic E-state index is 11.0. The van der Waals surface area contributed by atoms with Gasteiger partial charge in [-0.25, -0.2) is 0 Å². The van der Waals surface area contributed by atoms with Gasteiger partial charge in [-0.3, -0.25) is 10.1 Å². The molecule has 0 unspecified atom stereocenters. The van der Waals surface area contributed by atoms with Crippen LogP contribution in [0.5, 0.6) is 0 Å². The summed E-state index contributed by atoms with van der Waals surface area (Å²) in [5, 5.41) is 17.5. The van der Waals surface area contributed by atoms with Crippen LogP contribution in [0.15, 0.2) is 42.5 Å². The molecule has 0 aliphatic heterocycles. The van der Waals surface area contributed by atoms with E-state index in [9.17, 15) is 10.1 Å². The topological polar surface area (TPSA) is 67.2 Å². The van der Waals surface area contributed by atoms with E-state index >= 15 is 0 Å². The van der Waals surface area contributed by atoms with Crippen LogP contribution in [0.25, 0.3) is 0 Å². The minimum atomic E-state index is -0.397. The van der Waals surface area contributed by atoms with Gasteiger partial charge in [0.1, 0.15) is 0 Å². The Hall–Kier alpha value is -2.47. The van der Waals surface area contributed by atoms with Gasteiger partial charge >= 0.3 is 0 Å². The van der Waals surface area contributed by atoms with Gasteiger partial charge in [-0.05, 0) is 55.7 Å². The average Bonchev–Trinajstić information content (AvgIpc) is 2.56. The van der Waals surface area contributed by atoms with Gasteiger partial charge in [0.05, 0.1) is 16.2 Å². The summed E-state index contributed by atoms with van der Waals surface area (Å²) in [4.78, 5) is 10.6. The maximum atomic E-state index is 11.0. The lowest BCUT2D eigenvalue weighted by Crippen LogP contribution is -2.19. The molecule has 2 aromatic rings. The van der Waals surface area contributed by atoms with E-state index in [0.29, 0.717) is 16.4 Å². The number of aryl methyl sites for hydroxylation is 1. The van der Waals surface area contributed by atoms with E-state index in [4.69, 9.17) is 12.2 Å². The van der Waals surface area contributed by atoms with Crippen molar-refractivity contribution in [3.8, 4) is 0 Å². The highest BCUT2D eigenvalue weighted by molar-refractivity contribution is 7.80. The van der Waals surface area contributed by atoms with Gasteiger partial charge in [-0.2, -0.15) is 0 Å². The molecule has 2 N–H and O–H groups in total. The van der Waals surface area contributed by atoms with E-state index in [1.807, 2.05) is 12.1 Å². The van der Waals surface area contributed by atoms with Crippen LogP contribution in [0.2, 0.25) is 0 Å². The Morgan fingerprint density at radius 3 is 2.50 bits per heavy atom. The second-order valence-corrected chi connectivity index (χ2v) is 5.99. The van der Waals surface area contributed by atoms with E-state index in [2.05, 4.69) is 29.7 Å². The SMILES string of the molecule is CCCCc1ccc(NC(=S)Nc2cccc([N+](=O)[O-])c2C)cc1. The molecule has 0 heterocycles. The third-order valence-electron chi connectivity index (χ3n) is 3.78. The Morgan fingerprint density at radius 2 is 1.88 bits per heavy atom. The summed E-state index contributed by atoms with van der Waals surface area (Å²) >= 11 is 5.30. The normalized spacial score (nSPS) is 10.2. The number of hydrogen-bond donors (Lipinski definition) is 2. The van der Waals surface area contributed by atoms with Crippen molar-refractivity contribution in [2.75, 3.05) is 10.6 Å². The number of nitro groups is 1. The molecule has 0 atom stereocenters. The highest BCUT2D eigenvalue weighted by atomic mass is 32.1. The Kier molecular flexibility index (Phi) is 6.26. The fraction of sp³-hybridized carbons (Fsp3) is 0.278. The van der Waals surface area contributed by atoms with Crippen LogP contribution < -0.4 is 10.6 Å². The van der Waals surface area contributed by atoms with Crippen LogP contribution in [0.4, 0.5) is 17.1 Å². The summed E-state index contributed by atoms with van der Waals surface area (Å²) in [7, 11) is 0. The monoisotopic (exact) mass is 343 g/mol. The molecule has 0 aliphatic rings. The van der Waals surface area contributed by atoms with Gasteiger partial charge in [0.25, 0.3) is 5.69 Å².